The summed E-state index contributed by atoms with van der Waals surface area (Å²) in [7, 11) is 3.86. The maximum atomic E-state index is 11.9. The summed E-state index contributed by atoms with van der Waals surface area (Å²) in [6, 6.07) is 7.48. The van der Waals surface area contributed by atoms with Crippen LogP contribution in [0.25, 0.3) is 0 Å². The van der Waals surface area contributed by atoms with Gasteiger partial charge in [0.25, 0.3) is 0 Å². The third-order valence-electron chi connectivity index (χ3n) is 3.18. The highest BCUT2D eigenvalue weighted by atomic mass is 16.5. The van der Waals surface area contributed by atoms with E-state index in [0.717, 1.165) is 17.9 Å². The van der Waals surface area contributed by atoms with Crippen LogP contribution in [0, 0.1) is 0 Å². The van der Waals surface area contributed by atoms with Crippen molar-refractivity contribution in [2.75, 3.05) is 26.0 Å². The molecule has 0 saturated carbocycles. The number of carbonyl (C=O) groups is 1. The number of amides is 1. The number of benzene rings is 1. The monoisotopic (exact) mass is 291 g/mol. The molecule has 0 aromatic heterocycles. The van der Waals surface area contributed by atoms with Crippen molar-refractivity contribution in [2.24, 2.45) is 4.99 Å². The molecule has 1 aromatic rings. The van der Waals surface area contributed by atoms with Crippen molar-refractivity contribution < 1.29 is 9.53 Å². The second kappa shape index (κ2) is 8.42. The lowest BCUT2D eigenvalue weighted by molar-refractivity contribution is -0.122. The van der Waals surface area contributed by atoms with Crippen LogP contribution in [0.5, 0.6) is 0 Å². The van der Waals surface area contributed by atoms with Crippen LogP contribution < -0.4 is 5.32 Å². The highest BCUT2D eigenvalue weighted by molar-refractivity contribution is 5.95. The van der Waals surface area contributed by atoms with Crippen LogP contribution in [0.4, 0.5) is 11.4 Å². The fourth-order valence-electron chi connectivity index (χ4n) is 1.47. The van der Waals surface area contributed by atoms with Crippen molar-refractivity contribution in [1.29, 1.82) is 0 Å². The van der Waals surface area contributed by atoms with Crippen LogP contribution in [0.3, 0.4) is 0 Å². The number of hydrogen-bond donors (Lipinski definition) is 1. The van der Waals surface area contributed by atoms with E-state index in [0.29, 0.717) is 5.69 Å². The van der Waals surface area contributed by atoms with E-state index in [2.05, 4.69) is 10.3 Å². The lowest BCUT2D eigenvalue weighted by Crippen LogP contribution is -2.22. The molecule has 0 radical (unpaired) electrons. The van der Waals surface area contributed by atoms with Gasteiger partial charge in [0, 0.05) is 14.1 Å². The van der Waals surface area contributed by atoms with Crippen LogP contribution in [0.15, 0.2) is 29.3 Å². The van der Waals surface area contributed by atoms with Crippen LogP contribution >= 0.6 is 0 Å². The van der Waals surface area contributed by atoms with Gasteiger partial charge in [-0.15, -0.1) is 0 Å². The van der Waals surface area contributed by atoms with E-state index in [-0.39, 0.29) is 18.6 Å². The van der Waals surface area contributed by atoms with E-state index < -0.39 is 0 Å². The Morgan fingerprint density at radius 3 is 2.67 bits per heavy atom. The number of carbonyl (C=O) groups excluding carboxylic acids is 1. The molecule has 0 spiro atoms. The molecule has 5 nitrogen and oxygen atoms in total. The molecule has 0 aliphatic rings. The zero-order valence-electron chi connectivity index (χ0n) is 13.5. The lowest BCUT2D eigenvalue weighted by atomic mass is 10.2. The summed E-state index contributed by atoms with van der Waals surface area (Å²) < 4.78 is 5.43. The summed E-state index contributed by atoms with van der Waals surface area (Å²) in [6.07, 6.45) is 0.968. The Morgan fingerprint density at radius 2 is 2.05 bits per heavy atom. The van der Waals surface area contributed by atoms with E-state index in [4.69, 9.17) is 4.74 Å². The Morgan fingerprint density at radius 1 is 1.38 bits per heavy atom. The van der Waals surface area contributed by atoms with Crippen LogP contribution in [0.1, 0.15) is 27.2 Å². The minimum Gasteiger partial charge on any atom is -0.369 e. The third-order valence-corrected chi connectivity index (χ3v) is 3.18. The zero-order valence-corrected chi connectivity index (χ0v) is 13.5. The van der Waals surface area contributed by atoms with E-state index in [1.54, 1.807) is 0 Å². The Hall–Kier alpha value is -1.88. The van der Waals surface area contributed by atoms with E-state index in [9.17, 15) is 4.79 Å². The van der Waals surface area contributed by atoms with Gasteiger partial charge >= 0.3 is 0 Å². The summed E-state index contributed by atoms with van der Waals surface area (Å²) in [4.78, 5) is 18.3. The van der Waals surface area contributed by atoms with Gasteiger partial charge < -0.3 is 15.0 Å². The Balaban J connectivity index is 2.75. The van der Waals surface area contributed by atoms with Gasteiger partial charge in [0.1, 0.15) is 12.4 Å². The van der Waals surface area contributed by atoms with Crippen molar-refractivity contribution in [2.45, 2.75) is 33.3 Å². The van der Waals surface area contributed by atoms with Crippen LogP contribution in [-0.4, -0.2) is 43.4 Å². The summed E-state index contributed by atoms with van der Waals surface area (Å²) in [5.74, 6) is 0.702. The molecule has 116 valence electrons. The summed E-state index contributed by atoms with van der Waals surface area (Å²) in [6.45, 7) is 5.95. The first kappa shape index (κ1) is 17.2. The maximum Gasteiger partial charge on any atom is 0.250 e. The summed E-state index contributed by atoms with van der Waals surface area (Å²) >= 11 is 0. The molecule has 0 saturated heterocycles. The number of nitrogens with one attached hydrogen (secondary N) is 1. The van der Waals surface area contributed by atoms with Gasteiger partial charge in [0.2, 0.25) is 5.91 Å². The quantitative estimate of drug-likeness (QED) is 0.647. The average molecular weight is 291 g/mol. The number of hydrogen-bond acceptors (Lipinski definition) is 3. The topological polar surface area (TPSA) is 53.9 Å². The van der Waals surface area contributed by atoms with Crippen molar-refractivity contribution >= 4 is 23.1 Å². The minimum absolute atomic E-state index is 0.0553. The third kappa shape index (κ3) is 5.95. The van der Waals surface area contributed by atoms with Gasteiger partial charge in [-0.05, 0) is 32.4 Å². The van der Waals surface area contributed by atoms with E-state index in [1.165, 1.54) is 0 Å². The Labute approximate surface area is 127 Å². The van der Waals surface area contributed by atoms with Crippen molar-refractivity contribution in [3.05, 3.63) is 24.3 Å². The number of para-hydroxylation sites is 2. The van der Waals surface area contributed by atoms with E-state index >= 15 is 0 Å². The predicted molar refractivity (Wildman–Crippen MR) is 87.2 cm³/mol. The van der Waals surface area contributed by atoms with E-state index in [1.807, 2.05) is 64.0 Å². The first-order chi connectivity index (χ1) is 9.93. The summed E-state index contributed by atoms with van der Waals surface area (Å²) in [5.41, 5.74) is 1.43. The van der Waals surface area contributed by atoms with Crippen molar-refractivity contribution in [3.63, 3.8) is 0 Å². The largest absolute Gasteiger partial charge is 0.369 e. The maximum absolute atomic E-state index is 11.9. The van der Waals surface area contributed by atoms with Gasteiger partial charge in [0.05, 0.1) is 17.5 Å². The number of nitrogens with zero attached hydrogens (tertiary/aromatic N) is 2. The summed E-state index contributed by atoms with van der Waals surface area (Å²) in [5, 5.41) is 2.84. The molecule has 0 bridgehead atoms. The fourth-order valence-corrected chi connectivity index (χ4v) is 1.47. The number of amidine groups is 1. The molecular weight excluding hydrogens is 266 g/mol. The fraction of sp³-hybridized carbons (Fsp3) is 0.500. The molecule has 1 N–H and O–H groups in total. The molecule has 1 unspecified atom stereocenters. The molecule has 0 aliphatic carbocycles. The first-order valence-electron chi connectivity index (χ1n) is 7.17. The number of ether oxygens (including phenoxy) is 1. The molecule has 0 heterocycles. The van der Waals surface area contributed by atoms with Crippen LogP contribution in [0.2, 0.25) is 0 Å². The van der Waals surface area contributed by atoms with Crippen molar-refractivity contribution in [1.82, 2.24) is 4.90 Å². The zero-order chi connectivity index (χ0) is 15.8. The average Bonchev–Trinajstić information content (AvgIpc) is 2.46. The van der Waals surface area contributed by atoms with Gasteiger partial charge in [-0.25, -0.2) is 4.99 Å². The number of rotatable bonds is 6. The standard InChI is InChI=1S/C16H25N3O2/c1-6-12(2)21-11-16(20)18-15-10-8-7-9-14(15)17-13(3)19(4)5/h7-10,12H,6,11H2,1-5H3,(H,18,20)/b17-13+. The van der Waals surface area contributed by atoms with Gasteiger partial charge in [0.15, 0.2) is 0 Å². The molecular formula is C16H25N3O2. The molecule has 1 amide bonds. The van der Waals surface area contributed by atoms with Gasteiger partial charge in [-0.3, -0.25) is 4.79 Å². The lowest BCUT2D eigenvalue weighted by Gasteiger charge is -2.14. The number of anilines is 1. The first-order valence-corrected chi connectivity index (χ1v) is 7.17. The SMILES string of the molecule is CCC(C)OCC(=O)Nc1ccccc1/N=C(\C)N(C)C. The molecule has 1 aromatic carbocycles. The Bertz CT molecular complexity index is 498. The highest BCUT2D eigenvalue weighted by Gasteiger charge is 2.08. The molecule has 21 heavy (non-hydrogen) atoms. The van der Waals surface area contributed by atoms with Crippen molar-refractivity contribution in [3.8, 4) is 0 Å². The van der Waals surface area contributed by atoms with Crippen LogP contribution in [-0.2, 0) is 9.53 Å². The highest BCUT2D eigenvalue weighted by Crippen LogP contribution is 2.24. The second-order valence-corrected chi connectivity index (χ2v) is 5.15. The molecule has 0 fully saturated rings. The number of aliphatic imine (C=N–C) groups is 1. The molecule has 0 aliphatic heterocycles. The second-order valence-electron chi connectivity index (χ2n) is 5.15. The van der Waals surface area contributed by atoms with Gasteiger partial charge in [-0.2, -0.15) is 0 Å². The predicted octanol–water partition coefficient (Wildman–Crippen LogP) is 3.05. The smallest absolute Gasteiger partial charge is 0.250 e. The molecule has 1 rings (SSSR count). The molecule has 5 heteroatoms. The molecule has 1 atom stereocenters. The van der Waals surface area contributed by atoms with Gasteiger partial charge in [-0.1, -0.05) is 19.1 Å². The minimum atomic E-state index is -0.166. The Kier molecular flexibility index (Phi) is 6.88. The normalized spacial score (nSPS) is 12.9.